The summed E-state index contributed by atoms with van der Waals surface area (Å²) >= 11 is 0. The zero-order valence-corrected chi connectivity index (χ0v) is 13.9. The number of hydrogen-bond donors (Lipinski definition) is 0. The summed E-state index contributed by atoms with van der Waals surface area (Å²) in [5.41, 5.74) is 3.34. The van der Waals surface area contributed by atoms with E-state index >= 15 is 0 Å². The van der Waals surface area contributed by atoms with Crippen molar-refractivity contribution in [2.24, 2.45) is 12.5 Å². The van der Waals surface area contributed by atoms with E-state index in [0.29, 0.717) is 11.3 Å². The van der Waals surface area contributed by atoms with Crippen molar-refractivity contribution < 1.29 is 4.74 Å². The average Bonchev–Trinajstić information content (AvgIpc) is 3.24. The molecule has 2 saturated heterocycles. The fourth-order valence-corrected chi connectivity index (χ4v) is 4.77. The molecule has 1 aliphatic carbocycles. The van der Waals surface area contributed by atoms with Crippen LogP contribution in [0.4, 0.5) is 0 Å². The smallest absolute Gasteiger partial charge is 0.0700 e. The van der Waals surface area contributed by atoms with Gasteiger partial charge in [0.15, 0.2) is 0 Å². The first-order chi connectivity index (χ1) is 10.7. The second-order valence-electron chi connectivity index (χ2n) is 7.81. The van der Waals surface area contributed by atoms with Gasteiger partial charge in [0.05, 0.1) is 12.3 Å². The lowest BCUT2D eigenvalue weighted by molar-refractivity contribution is 0.151. The maximum atomic E-state index is 5.66. The highest BCUT2D eigenvalue weighted by Crippen LogP contribution is 2.39. The van der Waals surface area contributed by atoms with Crippen LogP contribution in [-0.2, 0) is 18.3 Å². The summed E-state index contributed by atoms with van der Waals surface area (Å²) in [4.78, 5) is 2.64. The molecule has 4 heteroatoms. The number of hydrogen-bond acceptors (Lipinski definition) is 3. The van der Waals surface area contributed by atoms with E-state index < -0.39 is 0 Å². The summed E-state index contributed by atoms with van der Waals surface area (Å²) in [6, 6.07) is 0. The lowest BCUT2D eigenvalue weighted by Gasteiger charge is -2.24. The van der Waals surface area contributed by atoms with Gasteiger partial charge in [0, 0.05) is 49.8 Å². The Labute approximate surface area is 133 Å². The molecule has 4 nitrogen and oxygen atoms in total. The summed E-state index contributed by atoms with van der Waals surface area (Å²) in [5.74, 6) is 0.705. The van der Waals surface area contributed by atoms with Gasteiger partial charge in [-0.2, -0.15) is 5.10 Å². The topological polar surface area (TPSA) is 30.3 Å². The second kappa shape index (κ2) is 5.97. The van der Waals surface area contributed by atoms with Gasteiger partial charge in [-0.15, -0.1) is 0 Å². The molecule has 1 saturated carbocycles. The second-order valence-corrected chi connectivity index (χ2v) is 7.81. The summed E-state index contributed by atoms with van der Waals surface area (Å²) < 4.78 is 7.69. The van der Waals surface area contributed by atoms with Crippen molar-refractivity contribution in [2.45, 2.75) is 57.4 Å². The van der Waals surface area contributed by atoms with E-state index in [1.54, 1.807) is 0 Å². The third kappa shape index (κ3) is 2.83. The maximum absolute atomic E-state index is 5.66. The number of aryl methyl sites for hydroxylation is 1. The van der Waals surface area contributed by atoms with Gasteiger partial charge in [0.1, 0.15) is 0 Å². The number of rotatable bonds is 3. The predicted molar refractivity (Wildman–Crippen MR) is 86.8 cm³/mol. The summed E-state index contributed by atoms with van der Waals surface area (Å²) in [6.45, 7) is 5.47. The van der Waals surface area contributed by atoms with Crippen LogP contribution in [0.3, 0.4) is 0 Å². The lowest BCUT2D eigenvalue weighted by Crippen LogP contribution is -2.27. The van der Waals surface area contributed by atoms with E-state index in [1.807, 2.05) is 4.68 Å². The molecule has 2 aliphatic heterocycles. The zero-order valence-electron chi connectivity index (χ0n) is 13.9. The molecule has 0 aromatic carbocycles. The Bertz CT molecular complexity index is 512. The molecule has 0 unspecified atom stereocenters. The normalized spacial score (nSPS) is 30.6. The van der Waals surface area contributed by atoms with Crippen LogP contribution in [0.2, 0.25) is 0 Å². The molecule has 3 heterocycles. The molecule has 3 fully saturated rings. The minimum Gasteiger partial charge on any atom is -0.381 e. The van der Waals surface area contributed by atoms with Crippen LogP contribution < -0.4 is 0 Å². The fraction of sp³-hybridized carbons (Fsp3) is 0.833. The maximum Gasteiger partial charge on any atom is 0.0700 e. The first kappa shape index (κ1) is 14.7. The molecular formula is C18H29N3O. The first-order valence-corrected chi connectivity index (χ1v) is 9.07. The SMILES string of the molecule is Cn1cc(CN2CC[C@]3(CCOC3)C2)c(C2CCCCC2)n1. The highest BCUT2D eigenvalue weighted by molar-refractivity contribution is 5.22. The van der Waals surface area contributed by atoms with Crippen LogP contribution in [0.5, 0.6) is 0 Å². The Balaban J connectivity index is 1.46. The summed E-state index contributed by atoms with van der Waals surface area (Å²) in [6.07, 6.45) is 11.7. The van der Waals surface area contributed by atoms with Crippen molar-refractivity contribution in [1.29, 1.82) is 0 Å². The van der Waals surface area contributed by atoms with Crippen molar-refractivity contribution >= 4 is 0 Å². The van der Waals surface area contributed by atoms with Crippen molar-refractivity contribution in [3.8, 4) is 0 Å². The Morgan fingerprint density at radius 2 is 2.14 bits per heavy atom. The molecule has 1 aromatic heterocycles. The van der Waals surface area contributed by atoms with Gasteiger partial charge in [0.25, 0.3) is 0 Å². The van der Waals surface area contributed by atoms with E-state index in [4.69, 9.17) is 9.84 Å². The molecule has 0 radical (unpaired) electrons. The molecular weight excluding hydrogens is 274 g/mol. The van der Waals surface area contributed by atoms with Crippen LogP contribution in [0.25, 0.3) is 0 Å². The number of nitrogens with zero attached hydrogens (tertiary/aromatic N) is 3. The largest absolute Gasteiger partial charge is 0.381 e. The van der Waals surface area contributed by atoms with Crippen molar-refractivity contribution in [2.75, 3.05) is 26.3 Å². The number of ether oxygens (including phenoxy) is 1. The van der Waals surface area contributed by atoms with E-state index in [-0.39, 0.29) is 0 Å². The van der Waals surface area contributed by atoms with E-state index in [9.17, 15) is 0 Å². The molecule has 1 aromatic rings. The molecule has 122 valence electrons. The molecule has 0 amide bonds. The molecule has 0 N–H and O–H groups in total. The van der Waals surface area contributed by atoms with Crippen LogP contribution in [-0.4, -0.2) is 41.0 Å². The van der Waals surface area contributed by atoms with Gasteiger partial charge in [-0.25, -0.2) is 0 Å². The molecule has 4 rings (SSSR count). The lowest BCUT2D eigenvalue weighted by atomic mass is 9.85. The monoisotopic (exact) mass is 303 g/mol. The Hall–Kier alpha value is -0.870. The van der Waals surface area contributed by atoms with E-state index in [1.165, 1.54) is 69.3 Å². The van der Waals surface area contributed by atoms with Gasteiger partial charge in [0.2, 0.25) is 0 Å². The third-order valence-electron chi connectivity index (χ3n) is 6.03. The molecule has 0 bridgehead atoms. The molecule has 3 aliphatic rings. The van der Waals surface area contributed by atoms with Crippen LogP contribution in [0.1, 0.15) is 62.1 Å². The van der Waals surface area contributed by atoms with Crippen molar-refractivity contribution in [3.63, 3.8) is 0 Å². The van der Waals surface area contributed by atoms with Gasteiger partial charge in [-0.3, -0.25) is 9.58 Å². The van der Waals surface area contributed by atoms with Crippen LogP contribution in [0, 0.1) is 5.41 Å². The van der Waals surface area contributed by atoms with Crippen LogP contribution >= 0.6 is 0 Å². The summed E-state index contributed by atoms with van der Waals surface area (Å²) in [5, 5.41) is 4.83. The average molecular weight is 303 g/mol. The quantitative estimate of drug-likeness (QED) is 0.859. The summed E-state index contributed by atoms with van der Waals surface area (Å²) in [7, 11) is 2.08. The number of aromatic nitrogens is 2. The van der Waals surface area contributed by atoms with Gasteiger partial charge >= 0.3 is 0 Å². The highest BCUT2D eigenvalue weighted by atomic mass is 16.5. The Morgan fingerprint density at radius 3 is 2.91 bits per heavy atom. The van der Waals surface area contributed by atoms with Gasteiger partial charge < -0.3 is 4.74 Å². The minimum absolute atomic E-state index is 0.465. The standard InChI is InChI=1S/C18H29N3O/c1-20-11-16(17(19-20)15-5-3-2-4-6-15)12-21-9-7-18(13-21)8-10-22-14-18/h11,15H,2-10,12-14H2,1H3/t18-/m0/s1. The highest BCUT2D eigenvalue weighted by Gasteiger charge is 2.41. The zero-order chi connectivity index (χ0) is 15.0. The van der Waals surface area contributed by atoms with E-state index in [2.05, 4.69) is 18.1 Å². The van der Waals surface area contributed by atoms with Crippen molar-refractivity contribution in [3.05, 3.63) is 17.5 Å². The third-order valence-corrected chi connectivity index (χ3v) is 6.03. The molecule has 1 atom stereocenters. The van der Waals surface area contributed by atoms with E-state index in [0.717, 1.165) is 19.8 Å². The van der Waals surface area contributed by atoms with Gasteiger partial charge in [-0.1, -0.05) is 19.3 Å². The van der Waals surface area contributed by atoms with Crippen molar-refractivity contribution in [1.82, 2.24) is 14.7 Å². The molecule has 1 spiro atoms. The predicted octanol–water partition coefficient (Wildman–Crippen LogP) is 3.08. The number of likely N-dealkylation sites (tertiary alicyclic amines) is 1. The van der Waals surface area contributed by atoms with Crippen LogP contribution in [0.15, 0.2) is 6.20 Å². The Morgan fingerprint density at radius 1 is 1.27 bits per heavy atom. The molecule has 22 heavy (non-hydrogen) atoms. The van der Waals surface area contributed by atoms with Gasteiger partial charge in [-0.05, 0) is 32.2 Å². The Kier molecular flexibility index (Phi) is 3.99. The minimum atomic E-state index is 0.465. The first-order valence-electron chi connectivity index (χ1n) is 9.07. The fourth-order valence-electron chi connectivity index (χ4n) is 4.77.